The molecule has 0 amide bonds. The summed E-state index contributed by atoms with van der Waals surface area (Å²) in [7, 11) is 0. The van der Waals surface area contributed by atoms with Crippen LogP contribution in [0, 0.1) is 0 Å². The molecular formula is C19H14N2O. The van der Waals surface area contributed by atoms with Crippen molar-refractivity contribution in [2.45, 2.75) is 6.42 Å². The number of aromatic nitrogens is 2. The summed E-state index contributed by atoms with van der Waals surface area (Å²) in [6.45, 7) is 0. The molecule has 0 atom stereocenters. The number of aromatic amines is 1. The van der Waals surface area contributed by atoms with Gasteiger partial charge in [0.15, 0.2) is 0 Å². The molecule has 0 saturated carbocycles. The van der Waals surface area contributed by atoms with E-state index >= 15 is 0 Å². The molecule has 0 fully saturated rings. The van der Waals surface area contributed by atoms with E-state index in [-0.39, 0.29) is 5.56 Å². The third-order valence-corrected chi connectivity index (χ3v) is 3.91. The van der Waals surface area contributed by atoms with Gasteiger partial charge in [0.2, 0.25) is 0 Å². The van der Waals surface area contributed by atoms with Crippen LogP contribution in [-0.4, -0.2) is 9.97 Å². The van der Waals surface area contributed by atoms with Gasteiger partial charge in [0.1, 0.15) is 5.65 Å². The van der Waals surface area contributed by atoms with Crippen LogP contribution >= 0.6 is 0 Å². The van der Waals surface area contributed by atoms with Gasteiger partial charge in [-0.15, -0.1) is 0 Å². The average Bonchev–Trinajstić information content (AvgIpc) is 2.56. The highest BCUT2D eigenvalue weighted by atomic mass is 16.1. The Morgan fingerprint density at radius 3 is 2.55 bits per heavy atom. The van der Waals surface area contributed by atoms with Crippen molar-refractivity contribution in [2.75, 3.05) is 0 Å². The van der Waals surface area contributed by atoms with Gasteiger partial charge in [-0.25, -0.2) is 4.98 Å². The minimum absolute atomic E-state index is 0.0869. The van der Waals surface area contributed by atoms with Gasteiger partial charge in [0.25, 0.3) is 5.56 Å². The number of rotatable bonds is 2. The van der Waals surface area contributed by atoms with Gasteiger partial charge in [0, 0.05) is 17.0 Å². The maximum absolute atomic E-state index is 12.3. The van der Waals surface area contributed by atoms with E-state index in [4.69, 9.17) is 0 Å². The summed E-state index contributed by atoms with van der Waals surface area (Å²) in [5.74, 6) is 0. The molecule has 0 aliphatic carbocycles. The van der Waals surface area contributed by atoms with E-state index in [1.165, 1.54) is 5.56 Å². The minimum Gasteiger partial charge on any atom is -0.306 e. The van der Waals surface area contributed by atoms with E-state index in [1.54, 1.807) is 6.20 Å². The average molecular weight is 286 g/mol. The highest BCUT2D eigenvalue weighted by Crippen LogP contribution is 2.21. The third kappa shape index (κ3) is 2.17. The van der Waals surface area contributed by atoms with Crippen LogP contribution in [0.15, 0.2) is 71.7 Å². The number of H-pyrrole nitrogens is 1. The molecule has 106 valence electrons. The Bertz CT molecular complexity index is 1020. The van der Waals surface area contributed by atoms with Crippen LogP contribution in [0.2, 0.25) is 0 Å². The van der Waals surface area contributed by atoms with Crippen molar-refractivity contribution >= 4 is 21.8 Å². The van der Waals surface area contributed by atoms with Crippen LogP contribution < -0.4 is 5.56 Å². The molecule has 0 bridgehead atoms. The zero-order chi connectivity index (χ0) is 14.9. The molecule has 0 aliphatic heterocycles. The number of pyridine rings is 2. The number of nitrogens with zero attached hydrogens (tertiary/aromatic N) is 1. The lowest BCUT2D eigenvalue weighted by Gasteiger charge is -2.06. The molecule has 0 aliphatic rings. The first kappa shape index (κ1) is 12.8. The van der Waals surface area contributed by atoms with Crippen LogP contribution in [-0.2, 0) is 6.42 Å². The molecule has 4 aromatic rings. The molecule has 2 heterocycles. The lowest BCUT2D eigenvalue weighted by molar-refractivity contribution is 1.19. The first-order chi connectivity index (χ1) is 10.8. The van der Waals surface area contributed by atoms with Gasteiger partial charge >= 0.3 is 0 Å². The number of hydrogen-bond acceptors (Lipinski definition) is 2. The fourth-order valence-electron chi connectivity index (χ4n) is 2.85. The van der Waals surface area contributed by atoms with E-state index in [0.29, 0.717) is 11.0 Å². The molecule has 4 rings (SSSR count). The fraction of sp³-hybridized carbons (Fsp3) is 0.0526. The van der Waals surface area contributed by atoms with Gasteiger partial charge in [0.05, 0.1) is 0 Å². The molecule has 1 N–H and O–H groups in total. The smallest absolute Gasteiger partial charge is 0.257 e. The molecule has 3 nitrogen and oxygen atoms in total. The van der Waals surface area contributed by atoms with Crippen LogP contribution in [0.5, 0.6) is 0 Å². The second-order valence-corrected chi connectivity index (χ2v) is 5.40. The third-order valence-electron chi connectivity index (χ3n) is 3.91. The summed E-state index contributed by atoms with van der Waals surface area (Å²) in [6, 6.07) is 20.2. The lowest BCUT2D eigenvalue weighted by atomic mass is 10.0. The van der Waals surface area contributed by atoms with Crippen LogP contribution in [0.1, 0.15) is 11.1 Å². The Kier molecular flexibility index (Phi) is 2.97. The molecular weight excluding hydrogens is 272 g/mol. The second kappa shape index (κ2) is 5.11. The Balaban J connectivity index is 1.89. The van der Waals surface area contributed by atoms with Crippen molar-refractivity contribution in [1.82, 2.24) is 9.97 Å². The summed E-state index contributed by atoms with van der Waals surface area (Å²) in [5, 5.41) is 2.64. The van der Waals surface area contributed by atoms with Gasteiger partial charge < -0.3 is 4.98 Å². The van der Waals surface area contributed by atoms with Crippen molar-refractivity contribution in [2.24, 2.45) is 0 Å². The number of nitrogens with one attached hydrogen (secondary N) is 1. The van der Waals surface area contributed by atoms with Gasteiger partial charge in [-0.3, -0.25) is 4.79 Å². The van der Waals surface area contributed by atoms with E-state index in [1.807, 2.05) is 42.5 Å². The zero-order valence-electron chi connectivity index (χ0n) is 11.9. The molecule has 3 heteroatoms. The molecule has 22 heavy (non-hydrogen) atoms. The Morgan fingerprint density at radius 2 is 1.68 bits per heavy atom. The Hall–Kier alpha value is -2.94. The largest absolute Gasteiger partial charge is 0.306 e. The summed E-state index contributed by atoms with van der Waals surface area (Å²) in [4.78, 5) is 19.4. The molecule has 0 unspecified atom stereocenters. The maximum Gasteiger partial charge on any atom is 0.257 e. The topological polar surface area (TPSA) is 45.8 Å². The quantitative estimate of drug-likeness (QED) is 0.571. The van der Waals surface area contributed by atoms with E-state index in [0.717, 1.165) is 22.8 Å². The van der Waals surface area contributed by atoms with Crippen molar-refractivity contribution in [1.29, 1.82) is 0 Å². The zero-order valence-corrected chi connectivity index (χ0v) is 11.9. The first-order valence-electron chi connectivity index (χ1n) is 7.25. The lowest BCUT2D eigenvalue weighted by Crippen LogP contribution is -2.07. The first-order valence-corrected chi connectivity index (χ1v) is 7.25. The van der Waals surface area contributed by atoms with Crippen molar-refractivity contribution in [3.05, 3.63) is 88.3 Å². The molecule has 2 aromatic heterocycles. The molecule has 0 spiro atoms. The van der Waals surface area contributed by atoms with Crippen molar-refractivity contribution < 1.29 is 0 Å². The van der Waals surface area contributed by atoms with E-state index in [9.17, 15) is 4.79 Å². The predicted octanol–water partition coefficient (Wildman–Crippen LogP) is 3.67. The SMILES string of the molecule is O=c1[nH]c2ncccc2c2ccc(Cc3ccccc3)cc12. The number of fused-ring (bicyclic) bond motifs is 3. The summed E-state index contributed by atoms with van der Waals surface area (Å²) in [6.07, 6.45) is 2.51. The summed E-state index contributed by atoms with van der Waals surface area (Å²) >= 11 is 0. The second-order valence-electron chi connectivity index (χ2n) is 5.40. The number of hydrogen-bond donors (Lipinski definition) is 1. The number of benzene rings is 2. The van der Waals surface area contributed by atoms with E-state index < -0.39 is 0 Å². The van der Waals surface area contributed by atoms with Crippen molar-refractivity contribution in [3.8, 4) is 0 Å². The van der Waals surface area contributed by atoms with Gasteiger partial charge in [-0.05, 0) is 41.1 Å². The minimum atomic E-state index is -0.0869. The summed E-state index contributed by atoms with van der Waals surface area (Å²) in [5.41, 5.74) is 2.92. The standard InChI is InChI=1S/C19H14N2O/c22-19-17-12-14(11-13-5-2-1-3-6-13)8-9-15(17)16-7-4-10-20-18(16)21-19/h1-10,12H,11H2,(H,20,21,22). The van der Waals surface area contributed by atoms with Crippen molar-refractivity contribution in [3.63, 3.8) is 0 Å². The van der Waals surface area contributed by atoms with Gasteiger partial charge in [-0.2, -0.15) is 0 Å². The van der Waals surface area contributed by atoms with Crippen LogP contribution in [0.3, 0.4) is 0 Å². The van der Waals surface area contributed by atoms with E-state index in [2.05, 4.69) is 28.2 Å². The normalized spacial score (nSPS) is 11.1. The highest BCUT2D eigenvalue weighted by molar-refractivity contribution is 6.04. The molecule has 0 radical (unpaired) electrons. The van der Waals surface area contributed by atoms with Crippen LogP contribution in [0.25, 0.3) is 21.8 Å². The fourth-order valence-corrected chi connectivity index (χ4v) is 2.85. The highest BCUT2D eigenvalue weighted by Gasteiger charge is 2.06. The monoisotopic (exact) mass is 286 g/mol. The van der Waals surface area contributed by atoms with Gasteiger partial charge in [-0.1, -0.05) is 42.5 Å². The Labute approximate surface area is 127 Å². The maximum atomic E-state index is 12.3. The summed E-state index contributed by atoms with van der Waals surface area (Å²) < 4.78 is 0. The predicted molar refractivity (Wildman–Crippen MR) is 89.1 cm³/mol. The molecule has 2 aromatic carbocycles. The Morgan fingerprint density at radius 1 is 0.818 bits per heavy atom. The van der Waals surface area contributed by atoms with Crippen LogP contribution in [0.4, 0.5) is 0 Å². The molecule has 0 saturated heterocycles.